The standard InChI is InChI=1S/C21H12N2O6/c24-20-17-5-4-16(28-21(25)14-2-1-3-15(11-14)23(26)27)12-18(17)29-19(20)10-13-6-8-22-9-7-13/h1-12H/b19-10-. The molecule has 8 heteroatoms. The van der Waals surface area contributed by atoms with Crippen molar-refractivity contribution in [3.05, 3.63) is 99.6 Å². The fraction of sp³-hybridized carbons (Fsp3) is 0. The average molecular weight is 388 g/mol. The van der Waals surface area contributed by atoms with E-state index in [1.165, 1.54) is 36.4 Å². The summed E-state index contributed by atoms with van der Waals surface area (Å²) in [4.78, 5) is 38.9. The van der Waals surface area contributed by atoms with E-state index in [0.29, 0.717) is 5.56 Å². The number of carbonyl (C=O) groups is 2. The molecular weight excluding hydrogens is 376 g/mol. The van der Waals surface area contributed by atoms with Crippen LogP contribution < -0.4 is 9.47 Å². The summed E-state index contributed by atoms with van der Waals surface area (Å²) in [7, 11) is 0. The monoisotopic (exact) mass is 388 g/mol. The van der Waals surface area contributed by atoms with Crippen molar-refractivity contribution in [3.63, 3.8) is 0 Å². The Hall–Kier alpha value is -4.33. The Bertz CT molecular complexity index is 1170. The molecular formula is C21H12N2O6. The van der Waals surface area contributed by atoms with Crippen molar-refractivity contribution in [1.82, 2.24) is 4.98 Å². The van der Waals surface area contributed by atoms with Gasteiger partial charge in [0.05, 0.1) is 16.1 Å². The van der Waals surface area contributed by atoms with Crippen LogP contribution in [0.2, 0.25) is 0 Å². The van der Waals surface area contributed by atoms with Crippen molar-refractivity contribution in [1.29, 1.82) is 0 Å². The van der Waals surface area contributed by atoms with Gasteiger partial charge in [0.1, 0.15) is 11.5 Å². The van der Waals surface area contributed by atoms with Gasteiger partial charge in [0.15, 0.2) is 5.76 Å². The number of allylic oxidation sites excluding steroid dienone is 1. The van der Waals surface area contributed by atoms with Crippen molar-refractivity contribution >= 4 is 23.5 Å². The van der Waals surface area contributed by atoms with E-state index >= 15 is 0 Å². The van der Waals surface area contributed by atoms with Crippen molar-refractivity contribution < 1.29 is 24.0 Å². The van der Waals surface area contributed by atoms with Crippen LogP contribution in [0.15, 0.2) is 72.8 Å². The molecule has 142 valence electrons. The van der Waals surface area contributed by atoms with Crippen molar-refractivity contribution in [2.45, 2.75) is 0 Å². The van der Waals surface area contributed by atoms with Gasteiger partial charge in [-0.1, -0.05) is 6.07 Å². The Morgan fingerprint density at radius 2 is 1.90 bits per heavy atom. The first-order chi connectivity index (χ1) is 14.0. The fourth-order valence-electron chi connectivity index (χ4n) is 2.75. The third-order valence-electron chi connectivity index (χ3n) is 4.15. The summed E-state index contributed by atoms with van der Waals surface area (Å²) in [5.41, 5.74) is 0.928. The highest BCUT2D eigenvalue weighted by Crippen LogP contribution is 2.35. The Balaban J connectivity index is 1.55. The molecule has 0 bridgehead atoms. The van der Waals surface area contributed by atoms with Crippen LogP contribution >= 0.6 is 0 Å². The summed E-state index contributed by atoms with van der Waals surface area (Å²) in [6.07, 6.45) is 4.80. The summed E-state index contributed by atoms with van der Waals surface area (Å²) in [6, 6.07) is 13.1. The van der Waals surface area contributed by atoms with Crippen LogP contribution in [-0.4, -0.2) is 21.7 Å². The third-order valence-corrected chi connectivity index (χ3v) is 4.15. The van der Waals surface area contributed by atoms with Crippen molar-refractivity contribution in [2.24, 2.45) is 0 Å². The predicted octanol–water partition coefficient (Wildman–Crippen LogP) is 3.83. The van der Waals surface area contributed by atoms with Gasteiger partial charge < -0.3 is 9.47 Å². The maximum Gasteiger partial charge on any atom is 0.343 e. The Morgan fingerprint density at radius 1 is 1.10 bits per heavy atom. The number of esters is 1. The second kappa shape index (κ2) is 7.35. The van der Waals surface area contributed by atoms with Gasteiger partial charge in [-0.15, -0.1) is 0 Å². The largest absolute Gasteiger partial charge is 0.452 e. The average Bonchev–Trinajstić information content (AvgIpc) is 3.03. The van der Waals surface area contributed by atoms with Crippen LogP contribution in [0.3, 0.4) is 0 Å². The van der Waals surface area contributed by atoms with E-state index in [4.69, 9.17) is 9.47 Å². The number of nitro benzene ring substituents is 1. The maximum atomic E-state index is 12.5. The molecule has 0 amide bonds. The van der Waals surface area contributed by atoms with Gasteiger partial charge in [-0.3, -0.25) is 19.9 Å². The highest BCUT2D eigenvalue weighted by molar-refractivity contribution is 6.14. The van der Waals surface area contributed by atoms with E-state index in [9.17, 15) is 19.7 Å². The van der Waals surface area contributed by atoms with Gasteiger partial charge in [0, 0.05) is 30.6 Å². The number of Topliss-reactive ketones (excluding diaryl/α,β-unsaturated/α-hetero) is 1. The summed E-state index contributed by atoms with van der Waals surface area (Å²) in [5.74, 6) is -0.481. The minimum atomic E-state index is -0.759. The third kappa shape index (κ3) is 3.72. The SMILES string of the molecule is O=C(Oc1ccc2c(c1)O/C(=C\c1ccncc1)C2=O)c1cccc([N+](=O)[O-])c1. The van der Waals surface area contributed by atoms with E-state index in [1.807, 2.05) is 0 Å². The lowest BCUT2D eigenvalue weighted by Crippen LogP contribution is -2.08. The number of ether oxygens (including phenoxy) is 2. The zero-order valence-corrected chi connectivity index (χ0v) is 14.8. The summed E-state index contributed by atoms with van der Waals surface area (Å²) in [5, 5.41) is 10.9. The van der Waals surface area contributed by atoms with E-state index in [1.54, 1.807) is 30.6 Å². The lowest BCUT2D eigenvalue weighted by atomic mass is 10.1. The number of carbonyl (C=O) groups excluding carboxylic acids is 2. The number of aromatic nitrogens is 1. The smallest absolute Gasteiger partial charge is 0.343 e. The highest BCUT2D eigenvalue weighted by Gasteiger charge is 2.28. The van der Waals surface area contributed by atoms with E-state index in [0.717, 1.165) is 11.6 Å². The minimum Gasteiger partial charge on any atom is -0.452 e. The first-order valence-corrected chi connectivity index (χ1v) is 8.46. The van der Waals surface area contributed by atoms with Gasteiger partial charge in [-0.25, -0.2) is 4.79 Å². The lowest BCUT2D eigenvalue weighted by molar-refractivity contribution is -0.384. The molecule has 0 spiro atoms. The van der Waals surface area contributed by atoms with E-state index in [2.05, 4.69) is 4.98 Å². The normalized spacial score (nSPS) is 13.7. The molecule has 2 heterocycles. The van der Waals surface area contributed by atoms with Crippen LogP contribution in [0.4, 0.5) is 5.69 Å². The molecule has 3 aromatic rings. The Morgan fingerprint density at radius 3 is 2.66 bits per heavy atom. The summed E-state index contributed by atoms with van der Waals surface area (Å²) in [6.45, 7) is 0. The number of nitro groups is 1. The molecule has 0 atom stereocenters. The molecule has 0 N–H and O–H groups in total. The van der Waals surface area contributed by atoms with Crippen LogP contribution in [0.5, 0.6) is 11.5 Å². The van der Waals surface area contributed by atoms with Gasteiger partial charge >= 0.3 is 5.97 Å². The molecule has 0 radical (unpaired) electrons. The number of benzene rings is 2. The molecule has 0 aliphatic carbocycles. The van der Waals surface area contributed by atoms with Crippen LogP contribution in [0.25, 0.3) is 6.08 Å². The molecule has 29 heavy (non-hydrogen) atoms. The predicted molar refractivity (Wildman–Crippen MR) is 102 cm³/mol. The van der Waals surface area contributed by atoms with Crippen molar-refractivity contribution in [2.75, 3.05) is 0 Å². The minimum absolute atomic E-state index is 0.0370. The number of ketones is 1. The molecule has 0 fully saturated rings. The van der Waals surface area contributed by atoms with Gasteiger partial charge in [-0.05, 0) is 42.0 Å². The fourth-order valence-corrected chi connectivity index (χ4v) is 2.75. The number of non-ortho nitro benzene ring substituents is 1. The number of fused-ring (bicyclic) bond motifs is 1. The topological polar surface area (TPSA) is 109 Å². The first kappa shape index (κ1) is 18.1. The molecule has 1 aliphatic heterocycles. The Kier molecular flexibility index (Phi) is 4.58. The van der Waals surface area contributed by atoms with Gasteiger partial charge in [0.2, 0.25) is 5.78 Å². The number of pyridine rings is 1. The quantitative estimate of drug-likeness (QED) is 0.220. The number of rotatable bonds is 4. The summed E-state index contributed by atoms with van der Waals surface area (Å²) < 4.78 is 10.9. The van der Waals surface area contributed by atoms with Gasteiger partial charge in [-0.2, -0.15) is 0 Å². The zero-order valence-electron chi connectivity index (χ0n) is 14.8. The number of hydrogen-bond acceptors (Lipinski definition) is 7. The van der Waals surface area contributed by atoms with Crippen LogP contribution in [-0.2, 0) is 0 Å². The lowest BCUT2D eigenvalue weighted by Gasteiger charge is -2.05. The molecule has 0 saturated carbocycles. The second-order valence-corrected chi connectivity index (χ2v) is 6.08. The molecule has 2 aromatic carbocycles. The van der Waals surface area contributed by atoms with Gasteiger partial charge in [0.25, 0.3) is 5.69 Å². The molecule has 0 unspecified atom stereocenters. The van der Waals surface area contributed by atoms with Crippen LogP contribution in [0.1, 0.15) is 26.3 Å². The molecule has 4 rings (SSSR count). The molecule has 0 saturated heterocycles. The van der Waals surface area contributed by atoms with E-state index < -0.39 is 10.9 Å². The van der Waals surface area contributed by atoms with Crippen molar-refractivity contribution in [3.8, 4) is 11.5 Å². The zero-order chi connectivity index (χ0) is 20.4. The number of nitrogens with zero attached hydrogens (tertiary/aromatic N) is 2. The van der Waals surface area contributed by atoms with Crippen LogP contribution in [0, 0.1) is 10.1 Å². The molecule has 1 aromatic heterocycles. The summed E-state index contributed by atoms with van der Waals surface area (Å²) >= 11 is 0. The Labute approximate surface area is 164 Å². The second-order valence-electron chi connectivity index (χ2n) is 6.08. The first-order valence-electron chi connectivity index (χ1n) is 8.46. The molecule has 8 nitrogen and oxygen atoms in total. The highest BCUT2D eigenvalue weighted by atomic mass is 16.6. The number of hydrogen-bond donors (Lipinski definition) is 0. The van der Waals surface area contributed by atoms with E-state index in [-0.39, 0.29) is 34.3 Å². The molecule has 1 aliphatic rings. The maximum absolute atomic E-state index is 12.5.